The van der Waals surface area contributed by atoms with Crippen molar-refractivity contribution in [1.29, 1.82) is 0 Å². The van der Waals surface area contributed by atoms with Crippen molar-refractivity contribution in [2.75, 3.05) is 0 Å². The van der Waals surface area contributed by atoms with Gasteiger partial charge >= 0.3 is 6.61 Å². The minimum atomic E-state index is -2.95. The van der Waals surface area contributed by atoms with Gasteiger partial charge in [0, 0.05) is 18.2 Å². The summed E-state index contributed by atoms with van der Waals surface area (Å²) in [5.74, 6) is -0.594. The Bertz CT molecular complexity index is 995. The van der Waals surface area contributed by atoms with Crippen molar-refractivity contribution in [3.63, 3.8) is 0 Å². The van der Waals surface area contributed by atoms with E-state index in [1.807, 2.05) is 0 Å². The van der Waals surface area contributed by atoms with Gasteiger partial charge in [0.1, 0.15) is 24.1 Å². The zero-order valence-electron chi connectivity index (χ0n) is 14.2. The van der Waals surface area contributed by atoms with Crippen LogP contribution >= 0.6 is 0 Å². The van der Waals surface area contributed by atoms with Crippen LogP contribution in [0.5, 0.6) is 5.75 Å². The Balaban J connectivity index is 1.74. The van der Waals surface area contributed by atoms with Gasteiger partial charge in [0.25, 0.3) is 11.6 Å². The minimum Gasteiger partial charge on any atom is -0.435 e. The zero-order chi connectivity index (χ0) is 20.1. The van der Waals surface area contributed by atoms with Crippen LogP contribution in [0.2, 0.25) is 0 Å². The Morgan fingerprint density at radius 3 is 2.79 bits per heavy atom. The van der Waals surface area contributed by atoms with Gasteiger partial charge in [-0.25, -0.2) is 9.67 Å². The van der Waals surface area contributed by atoms with Gasteiger partial charge in [-0.05, 0) is 29.8 Å². The molecule has 0 atom stereocenters. The summed E-state index contributed by atoms with van der Waals surface area (Å²) in [7, 11) is 0. The summed E-state index contributed by atoms with van der Waals surface area (Å²) in [5, 5.41) is 17.8. The summed E-state index contributed by atoms with van der Waals surface area (Å²) >= 11 is 0. The Kier molecular flexibility index (Phi) is 5.53. The van der Waals surface area contributed by atoms with Gasteiger partial charge in [0.15, 0.2) is 0 Å². The number of rotatable bonds is 7. The lowest BCUT2D eigenvalue weighted by atomic mass is 10.1. The number of amides is 1. The average Bonchev–Trinajstić information content (AvgIpc) is 3.20. The van der Waals surface area contributed by atoms with Crippen molar-refractivity contribution in [3.8, 4) is 11.4 Å². The first-order valence-corrected chi connectivity index (χ1v) is 7.89. The molecule has 0 saturated carbocycles. The Hall–Kier alpha value is -3.89. The number of hydrogen-bond acceptors (Lipinski definition) is 6. The van der Waals surface area contributed by atoms with Crippen molar-refractivity contribution < 1.29 is 23.2 Å². The van der Waals surface area contributed by atoms with Gasteiger partial charge in [-0.3, -0.25) is 14.9 Å². The molecule has 0 spiro atoms. The van der Waals surface area contributed by atoms with Crippen LogP contribution in [0, 0.1) is 10.1 Å². The SMILES string of the molecule is O=C(NCc1cccc(OC(F)F)c1)c1ccc(-n2cncn2)c([N+](=O)[O-])c1. The van der Waals surface area contributed by atoms with Crippen molar-refractivity contribution in [1.82, 2.24) is 20.1 Å². The molecule has 0 saturated heterocycles. The molecule has 0 aliphatic rings. The Morgan fingerprint density at radius 1 is 1.29 bits per heavy atom. The third-order valence-electron chi connectivity index (χ3n) is 3.68. The van der Waals surface area contributed by atoms with E-state index in [1.165, 1.54) is 47.7 Å². The average molecular weight is 389 g/mol. The van der Waals surface area contributed by atoms with E-state index in [1.54, 1.807) is 6.07 Å². The van der Waals surface area contributed by atoms with Crippen LogP contribution in [0.15, 0.2) is 55.1 Å². The summed E-state index contributed by atoms with van der Waals surface area (Å²) in [6.07, 6.45) is 2.53. The lowest BCUT2D eigenvalue weighted by Crippen LogP contribution is -2.23. The standard InChI is InChI=1S/C17H13F2N5O4/c18-17(19)28-13-3-1-2-11(6-13)8-21-16(25)12-4-5-14(15(7-12)24(26)27)23-10-20-9-22-23/h1-7,9-10,17H,8H2,(H,21,25). The smallest absolute Gasteiger partial charge is 0.387 e. The minimum absolute atomic E-state index is 0.0257. The number of carbonyl (C=O) groups excluding carboxylic acids is 1. The van der Waals surface area contributed by atoms with E-state index in [4.69, 9.17) is 0 Å². The van der Waals surface area contributed by atoms with Crippen LogP contribution < -0.4 is 10.1 Å². The van der Waals surface area contributed by atoms with Gasteiger partial charge in [-0.2, -0.15) is 13.9 Å². The molecule has 1 aromatic heterocycles. The molecule has 3 rings (SSSR count). The van der Waals surface area contributed by atoms with Gasteiger partial charge in [0.2, 0.25) is 0 Å². The quantitative estimate of drug-likeness (QED) is 0.491. The van der Waals surface area contributed by atoms with Crippen LogP contribution in [0.1, 0.15) is 15.9 Å². The van der Waals surface area contributed by atoms with Crippen LogP contribution in [0.3, 0.4) is 0 Å². The zero-order valence-corrected chi connectivity index (χ0v) is 14.2. The molecule has 0 unspecified atom stereocenters. The number of benzene rings is 2. The van der Waals surface area contributed by atoms with Crippen molar-refractivity contribution in [2.45, 2.75) is 13.2 Å². The maximum Gasteiger partial charge on any atom is 0.387 e. The van der Waals surface area contributed by atoms with Crippen molar-refractivity contribution >= 4 is 11.6 Å². The summed E-state index contributed by atoms with van der Waals surface area (Å²) in [6.45, 7) is -2.92. The number of nitro benzene ring substituents is 1. The summed E-state index contributed by atoms with van der Waals surface area (Å²) in [6, 6.07) is 9.79. The van der Waals surface area contributed by atoms with Gasteiger partial charge in [-0.1, -0.05) is 12.1 Å². The van der Waals surface area contributed by atoms with E-state index in [9.17, 15) is 23.7 Å². The van der Waals surface area contributed by atoms with E-state index in [0.29, 0.717) is 5.56 Å². The first kappa shape index (κ1) is 18.9. The lowest BCUT2D eigenvalue weighted by Gasteiger charge is -2.09. The highest BCUT2D eigenvalue weighted by Gasteiger charge is 2.19. The molecule has 0 aliphatic heterocycles. The number of nitrogens with one attached hydrogen (secondary N) is 1. The summed E-state index contributed by atoms with van der Waals surface area (Å²) in [4.78, 5) is 26.8. The Morgan fingerprint density at radius 2 is 2.11 bits per heavy atom. The maximum atomic E-state index is 12.3. The molecule has 1 N–H and O–H groups in total. The first-order valence-electron chi connectivity index (χ1n) is 7.89. The maximum absolute atomic E-state index is 12.3. The molecule has 2 aromatic carbocycles. The lowest BCUT2D eigenvalue weighted by molar-refractivity contribution is -0.384. The molecular formula is C17H13F2N5O4. The number of nitrogens with zero attached hydrogens (tertiary/aromatic N) is 4. The number of alkyl halides is 2. The number of halogens is 2. The van der Waals surface area contributed by atoms with Crippen LogP contribution in [-0.4, -0.2) is 32.2 Å². The second-order valence-corrected chi connectivity index (χ2v) is 5.51. The molecule has 0 radical (unpaired) electrons. The topological polar surface area (TPSA) is 112 Å². The van der Waals surface area contributed by atoms with Gasteiger partial charge in [0.05, 0.1) is 4.92 Å². The van der Waals surface area contributed by atoms with Crippen LogP contribution in [-0.2, 0) is 6.54 Å². The molecule has 0 aliphatic carbocycles. The first-order chi connectivity index (χ1) is 13.4. The molecule has 1 heterocycles. The fraction of sp³-hybridized carbons (Fsp3) is 0.118. The molecule has 28 heavy (non-hydrogen) atoms. The molecule has 11 heteroatoms. The molecule has 9 nitrogen and oxygen atoms in total. The van der Waals surface area contributed by atoms with E-state index < -0.39 is 17.4 Å². The van der Waals surface area contributed by atoms with E-state index in [-0.39, 0.29) is 29.2 Å². The highest BCUT2D eigenvalue weighted by molar-refractivity contribution is 5.95. The molecule has 144 valence electrons. The monoisotopic (exact) mass is 389 g/mol. The number of aromatic nitrogens is 3. The predicted octanol–water partition coefficient (Wildman–Crippen LogP) is 2.71. The van der Waals surface area contributed by atoms with E-state index >= 15 is 0 Å². The largest absolute Gasteiger partial charge is 0.435 e. The third-order valence-corrected chi connectivity index (χ3v) is 3.68. The predicted molar refractivity (Wildman–Crippen MR) is 92.3 cm³/mol. The van der Waals surface area contributed by atoms with Crippen LogP contribution in [0.4, 0.5) is 14.5 Å². The normalized spacial score (nSPS) is 10.7. The number of hydrogen-bond donors (Lipinski definition) is 1. The summed E-state index contributed by atoms with van der Waals surface area (Å²) in [5.41, 5.74) is 0.442. The molecular weight excluding hydrogens is 376 g/mol. The number of nitro groups is 1. The van der Waals surface area contributed by atoms with Crippen molar-refractivity contribution in [2.24, 2.45) is 0 Å². The highest BCUT2D eigenvalue weighted by Crippen LogP contribution is 2.23. The van der Waals surface area contributed by atoms with E-state index in [0.717, 1.165) is 6.07 Å². The third kappa shape index (κ3) is 4.44. The van der Waals surface area contributed by atoms with Crippen LogP contribution in [0.25, 0.3) is 5.69 Å². The number of carbonyl (C=O) groups is 1. The Labute approximate surface area is 156 Å². The van der Waals surface area contributed by atoms with E-state index in [2.05, 4.69) is 20.1 Å². The molecule has 1 amide bonds. The van der Waals surface area contributed by atoms with Gasteiger partial charge in [-0.15, -0.1) is 0 Å². The fourth-order valence-corrected chi connectivity index (χ4v) is 2.45. The highest BCUT2D eigenvalue weighted by atomic mass is 19.3. The number of ether oxygens (including phenoxy) is 1. The molecule has 3 aromatic rings. The van der Waals surface area contributed by atoms with Gasteiger partial charge < -0.3 is 10.1 Å². The molecule has 0 fully saturated rings. The fourth-order valence-electron chi connectivity index (χ4n) is 2.45. The molecule has 0 bridgehead atoms. The second kappa shape index (κ2) is 8.20. The summed E-state index contributed by atoms with van der Waals surface area (Å²) < 4.78 is 30.1. The van der Waals surface area contributed by atoms with Crippen molar-refractivity contribution in [3.05, 3.63) is 76.4 Å². The second-order valence-electron chi connectivity index (χ2n) is 5.51.